The van der Waals surface area contributed by atoms with Crippen molar-refractivity contribution in [3.63, 3.8) is 0 Å². The molecule has 0 saturated carbocycles. The van der Waals surface area contributed by atoms with Gasteiger partial charge in [0.1, 0.15) is 12.6 Å². The number of aryl methyl sites for hydroxylation is 2. The molecule has 0 fully saturated rings. The highest BCUT2D eigenvalue weighted by atomic mass is 16.5. The Bertz CT molecular complexity index is 1170. The third-order valence-electron chi connectivity index (χ3n) is 7.19. The number of fused-ring (bicyclic) bond motifs is 4. The van der Waals surface area contributed by atoms with Crippen LogP contribution in [-0.4, -0.2) is 29.8 Å². The van der Waals surface area contributed by atoms with Crippen molar-refractivity contribution in [1.29, 1.82) is 0 Å². The van der Waals surface area contributed by atoms with Gasteiger partial charge in [0.25, 0.3) is 0 Å². The number of carboxylic acids is 1. The molecule has 2 aliphatic rings. The number of ether oxygens (including phenoxy) is 1. The molecule has 0 aliphatic heterocycles. The first-order valence-electron chi connectivity index (χ1n) is 11.4. The van der Waals surface area contributed by atoms with Gasteiger partial charge in [-0.2, -0.15) is 0 Å². The zero-order valence-corrected chi connectivity index (χ0v) is 18.8. The Morgan fingerprint density at radius 1 is 0.909 bits per heavy atom. The van der Waals surface area contributed by atoms with E-state index in [9.17, 15) is 14.7 Å². The monoisotopic (exact) mass is 441 g/mol. The summed E-state index contributed by atoms with van der Waals surface area (Å²) >= 11 is 0. The van der Waals surface area contributed by atoms with Crippen LogP contribution in [0.2, 0.25) is 0 Å². The first kappa shape index (κ1) is 21.3. The molecule has 3 aromatic rings. The zero-order chi connectivity index (χ0) is 23.1. The Balaban J connectivity index is 1.28. The molecule has 168 valence electrons. The molecule has 0 saturated heterocycles. The molecule has 0 radical (unpaired) electrons. The maximum absolute atomic E-state index is 12.7. The third kappa shape index (κ3) is 3.78. The quantitative estimate of drug-likeness (QED) is 0.584. The van der Waals surface area contributed by atoms with Gasteiger partial charge in [0.2, 0.25) is 0 Å². The minimum atomic E-state index is -1.03. The van der Waals surface area contributed by atoms with Gasteiger partial charge in [-0.15, -0.1) is 0 Å². The molecule has 0 bridgehead atoms. The number of nitrogens with one attached hydrogen (secondary N) is 1. The summed E-state index contributed by atoms with van der Waals surface area (Å²) in [5.74, 6) is -1.29. The van der Waals surface area contributed by atoms with Crippen LogP contribution in [0.15, 0.2) is 60.7 Å². The van der Waals surface area contributed by atoms with E-state index in [0.29, 0.717) is 12.8 Å². The summed E-state index contributed by atoms with van der Waals surface area (Å²) in [6.07, 6.45) is 0.598. The number of amides is 1. The van der Waals surface area contributed by atoms with Gasteiger partial charge < -0.3 is 15.2 Å². The molecule has 0 heterocycles. The normalized spacial score (nSPS) is 15.5. The van der Waals surface area contributed by atoms with Crippen molar-refractivity contribution >= 4 is 12.1 Å². The lowest BCUT2D eigenvalue weighted by atomic mass is 9.96. The number of benzene rings is 3. The maximum atomic E-state index is 12.7. The van der Waals surface area contributed by atoms with Gasteiger partial charge in [0.05, 0.1) is 0 Å². The Labute approximate surface area is 193 Å². The Morgan fingerprint density at radius 2 is 1.42 bits per heavy atom. The minimum absolute atomic E-state index is 0.0625. The van der Waals surface area contributed by atoms with Crippen molar-refractivity contribution in [3.8, 4) is 11.1 Å². The number of alkyl carbamates (subject to hydrolysis) is 1. The van der Waals surface area contributed by atoms with E-state index < -0.39 is 18.1 Å². The van der Waals surface area contributed by atoms with Crippen molar-refractivity contribution in [3.05, 3.63) is 94.0 Å². The van der Waals surface area contributed by atoms with Gasteiger partial charge in [-0.05, 0) is 77.1 Å². The molecule has 5 heteroatoms. The Hall–Kier alpha value is -3.60. The second-order valence-electron chi connectivity index (χ2n) is 9.11. The number of hydrogen-bond donors (Lipinski definition) is 2. The molecular formula is C28H27NO4. The SMILES string of the molecule is Cc1ccc(C)c2c1CC([C@@H](NC(=O)OCC1c3ccccc3-c3ccccc31)C(=O)O)C2. The molecular weight excluding hydrogens is 414 g/mol. The lowest BCUT2D eigenvalue weighted by molar-refractivity contribution is -0.140. The molecule has 33 heavy (non-hydrogen) atoms. The number of hydrogen-bond acceptors (Lipinski definition) is 3. The lowest BCUT2D eigenvalue weighted by Crippen LogP contribution is -2.46. The van der Waals surface area contributed by atoms with Gasteiger partial charge in [0, 0.05) is 5.92 Å². The standard InChI is InChI=1S/C28H27NO4/c1-16-11-12-17(2)24-14-18(13-23(16)24)26(27(30)31)29-28(32)33-15-25-21-9-5-3-7-19(21)20-8-4-6-10-22(20)25/h3-12,18,25-26H,13-15H2,1-2H3,(H,29,32)(H,30,31)/t26-/m1/s1. The van der Waals surface area contributed by atoms with Crippen molar-refractivity contribution in [2.24, 2.45) is 5.92 Å². The molecule has 5 rings (SSSR count). The highest BCUT2D eigenvalue weighted by molar-refractivity contribution is 5.81. The third-order valence-corrected chi connectivity index (χ3v) is 7.19. The van der Waals surface area contributed by atoms with E-state index in [2.05, 4.69) is 55.6 Å². The topological polar surface area (TPSA) is 75.6 Å². The van der Waals surface area contributed by atoms with E-state index in [-0.39, 0.29) is 18.4 Å². The van der Waals surface area contributed by atoms with Crippen molar-refractivity contribution < 1.29 is 19.4 Å². The van der Waals surface area contributed by atoms with Crippen molar-refractivity contribution in [2.45, 2.75) is 38.6 Å². The van der Waals surface area contributed by atoms with Gasteiger partial charge >= 0.3 is 12.1 Å². The molecule has 0 spiro atoms. The second-order valence-corrected chi connectivity index (χ2v) is 9.11. The van der Waals surface area contributed by atoms with Crippen LogP contribution in [0.25, 0.3) is 11.1 Å². The fourth-order valence-corrected chi connectivity index (χ4v) is 5.48. The highest BCUT2D eigenvalue weighted by Gasteiger charge is 2.36. The molecule has 2 aliphatic carbocycles. The van der Waals surface area contributed by atoms with E-state index >= 15 is 0 Å². The average Bonchev–Trinajstić information content (AvgIpc) is 3.39. The van der Waals surface area contributed by atoms with Gasteiger partial charge in [-0.25, -0.2) is 9.59 Å². The van der Waals surface area contributed by atoms with Crippen LogP contribution in [-0.2, 0) is 22.4 Å². The summed E-state index contributed by atoms with van der Waals surface area (Å²) in [4.78, 5) is 24.8. The summed E-state index contributed by atoms with van der Waals surface area (Å²) < 4.78 is 5.59. The van der Waals surface area contributed by atoms with Gasteiger partial charge in [-0.3, -0.25) is 0 Å². The highest BCUT2D eigenvalue weighted by Crippen LogP contribution is 2.44. The number of rotatable bonds is 5. The van der Waals surface area contributed by atoms with Crippen LogP contribution < -0.4 is 5.32 Å². The molecule has 3 aromatic carbocycles. The van der Waals surface area contributed by atoms with Crippen LogP contribution in [0, 0.1) is 19.8 Å². The number of aliphatic carboxylic acids is 1. The number of carbonyl (C=O) groups is 2. The van der Waals surface area contributed by atoms with E-state index in [1.165, 1.54) is 22.3 Å². The predicted octanol–water partition coefficient (Wildman–Crippen LogP) is 5.01. The van der Waals surface area contributed by atoms with E-state index in [1.807, 2.05) is 24.3 Å². The van der Waals surface area contributed by atoms with Crippen LogP contribution in [0.3, 0.4) is 0 Å². The summed E-state index contributed by atoms with van der Waals surface area (Å²) in [5, 5.41) is 12.5. The first-order valence-corrected chi connectivity index (χ1v) is 11.4. The van der Waals surface area contributed by atoms with Crippen molar-refractivity contribution in [1.82, 2.24) is 5.32 Å². The van der Waals surface area contributed by atoms with Crippen LogP contribution in [0.1, 0.15) is 39.3 Å². The average molecular weight is 442 g/mol. The van der Waals surface area contributed by atoms with Crippen LogP contribution in [0.5, 0.6) is 0 Å². The van der Waals surface area contributed by atoms with E-state index in [0.717, 1.165) is 22.3 Å². The van der Waals surface area contributed by atoms with Crippen LogP contribution in [0.4, 0.5) is 4.79 Å². The molecule has 1 amide bonds. The van der Waals surface area contributed by atoms with Gasteiger partial charge in [-0.1, -0.05) is 60.7 Å². The molecule has 5 nitrogen and oxygen atoms in total. The number of carbonyl (C=O) groups excluding carboxylic acids is 1. The fraction of sp³-hybridized carbons (Fsp3) is 0.286. The Morgan fingerprint density at radius 3 is 1.94 bits per heavy atom. The lowest BCUT2D eigenvalue weighted by Gasteiger charge is -2.21. The smallest absolute Gasteiger partial charge is 0.407 e. The fourth-order valence-electron chi connectivity index (χ4n) is 5.48. The van der Waals surface area contributed by atoms with E-state index in [1.54, 1.807) is 0 Å². The molecule has 0 unspecified atom stereocenters. The first-order chi connectivity index (χ1) is 15.9. The van der Waals surface area contributed by atoms with E-state index in [4.69, 9.17) is 4.74 Å². The largest absolute Gasteiger partial charge is 0.480 e. The summed E-state index contributed by atoms with van der Waals surface area (Å²) in [6.45, 7) is 4.26. The minimum Gasteiger partial charge on any atom is -0.480 e. The second kappa shape index (κ2) is 8.39. The van der Waals surface area contributed by atoms with Crippen LogP contribution >= 0.6 is 0 Å². The molecule has 0 aromatic heterocycles. The number of carboxylic acid groups (broad SMARTS) is 1. The van der Waals surface area contributed by atoms with Gasteiger partial charge in [0.15, 0.2) is 0 Å². The maximum Gasteiger partial charge on any atom is 0.407 e. The summed E-state index contributed by atoms with van der Waals surface area (Å²) in [7, 11) is 0. The Kier molecular flexibility index (Phi) is 5.41. The summed E-state index contributed by atoms with van der Waals surface area (Å²) in [5.41, 5.74) is 9.31. The summed E-state index contributed by atoms with van der Waals surface area (Å²) in [6, 6.07) is 19.4. The predicted molar refractivity (Wildman–Crippen MR) is 126 cm³/mol. The zero-order valence-electron chi connectivity index (χ0n) is 18.8. The molecule has 1 atom stereocenters. The van der Waals surface area contributed by atoms with Crippen molar-refractivity contribution in [2.75, 3.05) is 6.61 Å². The molecule has 2 N–H and O–H groups in total.